The zero-order chi connectivity index (χ0) is 25.0. The molecule has 34 heavy (non-hydrogen) atoms. The van der Waals surface area contributed by atoms with Crippen molar-refractivity contribution in [1.29, 1.82) is 0 Å². The van der Waals surface area contributed by atoms with Gasteiger partial charge >= 0.3 is 5.97 Å². The van der Waals surface area contributed by atoms with Crippen LogP contribution in [0.2, 0.25) is 0 Å². The van der Waals surface area contributed by atoms with Crippen LogP contribution < -0.4 is 0 Å². The molecule has 0 aromatic carbocycles. The zero-order valence-corrected chi connectivity index (χ0v) is 23.2. The Labute approximate surface area is 213 Å². The molecule has 0 heterocycles. The molecule has 0 aromatic rings. The average molecular weight is 480 g/mol. The van der Waals surface area contributed by atoms with E-state index in [0.717, 1.165) is 25.7 Å². The first-order chi connectivity index (χ1) is 16.7. The van der Waals surface area contributed by atoms with Crippen LogP contribution in [0.25, 0.3) is 0 Å². The third kappa shape index (κ3) is 25.8. The van der Waals surface area contributed by atoms with Crippen molar-refractivity contribution in [2.75, 3.05) is 0 Å². The maximum Gasteiger partial charge on any atom is 0.306 e. The molecule has 0 aliphatic carbocycles. The molecule has 0 fully saturated rings. The highest BCUT2D eigenvalue weighted by atomic mass is 16.5. The zero-order valence-electron chi connectivity index (χ0n) is 23.2. The van der Waals surface area contributed by atoms with E-state index in [0.29, 0.717) is 6.42 Å². The van der Waals surface area contributed by atoms with Gasteiger partial charge in [-0.1, -0.05) is 149 Å². The van der Waals surface area contributed by atoms with E-state index in [1.165, 1.54) is 128 Å². The van der Waals surface area contributed by atoms with Crippen molar-refractivity contribution in [3.8, 4) is 0 Å². The van der Waals surface area contributed by atoms with Crippen LogP contribution in [-0.2, 0) is 14.3 Å². The van der Waals surface area contributed by atoms with Gasteiger partial charge in [-0.15, -0.1) is 0 Å². The molecule has 0 amide bonds. The van der Waals surface area contributed by atoms with Crippen molar-refractivity contribution in [3.63, 3.8) is 0 Å². The molecule has 0 aliphatic heterocycles. The van der Waals surface area contributed by atoms with Gasteiger partial charge in [-0.2, -0.15) is 0 Å². The predicted octanol–water partition coefficient (Wildman–Crippen LogP) is 10.2. The number of rotatable bonds is 28. The molecule has 1 atom stereocenters. The number of hydrogen-bond acceptors (Lipinski definition) is 3. The van der Waals surface area contributed by atoms with E-state index >= 15 is 0 Å². The maximum absolute atomic E-state index is 12.2. The summed E-state index contributed by atoms with van der Waals surface area (Å²) in [5, 5.41) is 0. The van der Waals surface area contributed by atoms with E-state index in [4.69, 9.17) is 4.74 Å². The molecule has 3 nitrogen and oxygen atoms in total. The van der Waals surface area contributed by atoms with Gasteiger partial charge in [-0.3, -0.25) is 9.59 Å². The summed E-state index contributed by atoms with van der Waals surface area (Å²) in [5.74, 6) is -0.130. The van der Waals surface area contributed by atoms with Crippen molar-refractivity contribution < 1.29 is 14.3 Å². The Morgan fingerprint density at radius 2 is 0.912 bits per heavy atom. The molecule has 0 rings (SSSR count). The number of unbranched alkanes of at least 4 members (excludes halogenated alkanes) is 21. The quantitative estimate of drug-likeness (QED) is 0.0827. The Hall–Kier alpha value is -0.860. The molecule has 0 aromatic heterocycles. The molecule has 0 N–H and O–H groups in total. The summed E-state index contributed by atoms with van der Waals surface area (Å²) in [4.78, 5) is 23.0. The van der Waals surface area contributed by atoms with E-state index in [9.17, 15) is 9.59 Å². The second-order valence-electron chi connectivity index (χ2n) is 10.4. The standard InChI is InChI=1S/C31H59O3/c1-3-5-7-9-11-13-14-15-16-17-19-21-23-25-27-31(33)34-30(28-29-32)26-24-22-20-18-12-10-8-6-4-2/h30H,3-28H2,1-2H3. The third-order valence-electron chi connectivity index (χ3n) is 6.97. The molecule has 0 aliphatic rings. The number of hydrogen-bond donors (Lipinski definition) is 0. The number of esters is 1. The van der Waals surface area contributed by atoms with Crippen LogP contribution >= 0.6 is 0 Å². The van der Waals surface area contributed by atoms with Crippen molar-refractivity contribution in [2.24, 2.45) is 0 Å². The predicted molar refractivity (Wildman–Crippen MR) is 147 cm³/mol. The van der Waals surface area contributed by atoms with E-state index in [-0.39, 0.29) is 18.5 Å². The summed E-state index contributed by atoms with van der Waals surface area (Å²) < 4.78 is 5.57. The van der Waals surface area contributed by atoms with Crippen LogP contribution in [0.1, 0.15) is 181 Å². The molecular weight excluding hydrogens is 420 g/mol. The van der Waals surface area contributed by atoms with Crippen molar-refractivity contribution >= 4 is 12.3 Å². The first-order valence-corrected chi connectivity index (χ1v) is 15.3. The Kier molecular flexibility index (Phi) is 27.7. The highest BCUT2D eigenvalue weighted by molar-refractivity contribution is 5.69. The fourth-order valence-corrected chi connectivity index (χ4v) is 4.69. The lowest BCUT2D eigenvalue weighted by atomic mass is 10.0. The minimum atomic E-state index is -0.263. The fraction of sp³-hybridized carbons (Fsp3) is 0.935. The minimum Gasteiger partial charge on any atom is -0.462 e. The van der Waals surface area contributed by atoms with Gasteiger partial charge in [0, 0.05) is 6.42 Å². The molecule has 201 valence electrons. The average Bonchev–Trinajstić information content (AvgIpc) is 2.83. The SMILES string of the molecule is CCCCCCCCCCCCCCCCC(=O)OC(C[C]=O)CCCCCCCCCCC. The minimum absolute atomic E-state index is 0.130. The topological polar surface area (TPSA) is 43.4 Å². The summed E-state index contributed by atoms with van der Waals surface area (Å²) in [6.07, 6.45) is 33.0. The van der Waals surface area contributed by atoms with E-state index in [1.54, 1.807) is 0 Å². The molecule has 1 unspecified atom stereocenters. The van der Waals surface area contributed by atoms with Gasteiger partial charge in [0.15, 0.2) is 0 Å². The summed E-state index contributed by atoms with van der Waals surface area (Å²) in [7, 11) is 0. The van der Waals surface area contributed by atoms with Gasteiger partial charge in [0.05, 0.1) is 6.42 Å². The Morgan fingerprint density at radius 1 is 0.559 bits per heavy atom. The fourth-order valence-electron chi connectivity index (χ4n) is 4.69. The van der Waals surface area contributed by atoms with Gasteiger partial charge in [0.1, 0.15) is 6.10 Å². The molecular formula is C31H59O3. The molecule has 1 radical (unpaired) electrons. The molecule has 0 saturated heterocycles. The summed E-state index contributed by atoms with van der Waals surface area (Å²) in [6.45, 7) is 4.52. The van der Waals surface area contributed by atoms with Crippen LogP contribution in [0.5, 0.6) is 0 Å². The van der Waals surface area contributed by atoms with E-state index in [2.05, 4.69) is 13.8 Å². The summed E-state index contributed by atoms with van der Waals surface area (Å²) in [6, 6.07) is 0. The van der Waals surface area contributed by atoms with Crippen LogP contribution in [0, 0.1) is 0 Å². The van der Waals surface area contributed by atoms with E-state index in [1.807, 2.05) is 6.29 Å². The maximum atomic E-state index is 12.2. The Balaban J connectivity index is 3.53. The van der Waals surface area contributed by atoms with Crippen LogP contribution in [-0.4, -0.2) is 18.4 Å². The Morgan fingerprint density at radius 3 is 1.29 bits per heavy atom. The number of carbonyl (C=O) groups is 1. The summed E-state index contributed by atoms with van der Waals surface area (Å²) >= 11 is 0. The Bertz CT molecular complexity index is 421. The molecule has 0 saturated carbocycles. The first-order valence-electron chi connectivity index (χ1n) is 15.3. The van der Waals surface area contributed by atoms with Gasteiger partial charge in [0.25, 0.3) is 0 Å². The van der Waals surface area contributed by atoms with Gasteiger partial charge in [0.2, 0.25) is 6.29 Å². The molecule has 0 bridgehead atoms. The largest absolute Gasteiger partial charge is 0.462 e. The number of ether oxygens (including phenoxy) is 1. The third-order valence-corrected chi connectivity index (χ3v) is 6.97. The van der Waals surface area contributed by atoms with Crippen LogP contribution in [0.4, 0.5) is 0 Å². The van der Waals surface area contributed by atoms with Gasteiger partial charge < -0.3 is 4.74 Å². The van der Waals surface area contributed by atoms with E-state index < -0.39 is 0 Å². The van der Waals surface area contributed by atoms with Crippen LogP contribution in [0.15, 0.2) is 0 Å². The second kappa shape index (κ2) is 28.4. The normalized spacial score (nSPS) is 12.1. The second-order valence-corrected chi connectivity index (χ2v) is 10.4. The first kappa shape index (κ1) is 33.1. The smallest absolute Gasteiger partial charge is 0.306 e. The highest BCUT2D eigenvalue weighted by Gasteiger charge is 2.14. The lowest BCUT2D eigenvalue weighted by Crippen LogP contribution is -2.18. The lowest BCUT2D eigenvalue weighted by Gasteiger charge is -2.15. The van der Waals surface area contributed by atoms with Gasteiger partial charge in [-0.25, -0.2) is 0 Å². The van der Waals surface area contributed by atoms with Crippen LogP contribution in [0.3, 0.4) is 0 Å². The van der Waals surface area contributed by atoms with Crippen molar-refractivity contribution in [2.45, 2.75) is 187 Å². The van der Waals surface area contributed by atoms with Crippen molar-refractivity contribution in [3.05, 3.63) is 0 Å². The molecule has 3 heteroatoms. The summed E-state index contributed by atoms with van der Waals surface area (Å²) in [5.41, 5.74) is 0. The van der Waals surface area contributed by atoms with Crippen molar-refractivity contribution in [1.82, 2.24) is 0 Å². The number of carbonyl (C=O) groups excluding carboxylic acids is 2. The van der Waals surface area contributed by atoms with Gasteiger partial charge in [-0.05, 0) is 19.3 Å². The molecule has 0 spiro atoms. The highest BCUT2D eigenvalue weighted by Crippen LogP contribution is 2.16. The monoisotopic (exact) mass is 479 g/mol. The lowest BCUT2D eigenvalue weighted by molar-refractivity contribution is -0.149.